The fraction of sp³-hybridized carbons (Fsp3) is 0.533. The van der Waals surface area contributed by atoms with Crippen LogP contribution < -0.4 is 4.72 Å². The standard InChI is InChI=1S/C15H23N3O6S2/c1-2-17-8-10-18(11-9-17)25(21,22)12-7-16-26(23,24)14-5-3-13(4-6-14)15(19)20/h3-6,16H,2,7-12H2,1H3,(H,19,20). The third-order valence-corrected chi connectivity index (χ3v) is 7.58. The normalized spacial score (nSPS) is 17.3. The molecule has 0 aliphatic carbocycles. The molecule has 2 N–H and O–H groups in total. The van der Waals surface area contributed by atoms with Crippen LogP contribution in [0, 0.1) is 0 Å². The number of hydrogen-bond donors (Lipinski definition) is 2. The molecule has 0 aromatic heterocycles. The lowest BCUT2D eigenvalue weighted by Gasteiger charge is -2.33. The number of sulfonamides is 2. The van der Waals surface area contributed by atoms with E-state index in [-0.39, 0.29) is 22.8 Å². The van der Waals surface area contributed by atoms with Crippen molar-refractivity contribution in [2.24, 2.45) is 0 Å². The number of nitrogens with one attached hydrogen (secondary N) is 1. The van der Waals surface area contributed by atoms with Crippen LogP contribution in [0.25, 0.3) is 0 Å². The van der Waals surface area contributed by atoms with Gasteiger partial charge in [-0.1, -0.05) is 6.92 Å². The summed E-state index contributed by atoms with van der Waals surface area (Å²) < 4.78 is 52.7. The Morgan fingerprint density at radius 1 is 1.08 bits per heavy atom. The van der Waals surface area contributed by atoms with Crippen molar-refractivity contribution in [3.63, 3.8) is 0 Å². The van der Waals surface area contributed by atoms with Crippen LogP contribution in [-0.4, -0.2) is 82.1 Å². The molecule has 1 heterocycles. The maximum Gasteiger partial charge on any atom is 0.335 e. The Labute approximate surface area is 153 Å². The molecular formula is C15H23N3O6S2. The van der Waals surface area contributed by atoms with E-state index in [2.05, 4.69) is 9.62 Å². The average molecular weight is 405 g/mol. The van der Waals surface area contributed by atoms with Gasteiger partial charge in [-0.3, -0.25) is 0 Å². The van der Waals surface area contributed by atoms with Gasteiger partial charge in [0.15, 0.2) is 0 Å². The highest BCUT2D eigenvalue weighted by atomic mass is 32.2. The number of carbonyl (C=O) groups is 1. The Kier molecular flexibility index (Phi) is 6.74. The molecule has 0 amide bonds. The van der Waals surface area contributed by atoms with Crippen LogP contribution in [-0.2, 0) is 20.0 Å². The first-order valence-corrected chi connectivity index (χ1v) is 11.3. The molecule has 1 saturated heterocycles. The molecule has 1 aromatic carbocycles. The molecule has 2 rings (SSSR count). The van der Waals surface area contributed by atoms with Crippen molar-refractivity contribution < 1.29 is 26.7 Å². The minimum atomic E-state index is -3.90. The van der Waals surface area contributed by atoms with Gasteiger partial charge >= 0.3 is 5.97 Å². The van der Waals surface area contributed by atoms with Crippen LogP contribution in [0.3, 0.4) is 0 Å². The second kappa shape index (κ2) is 8.44. The van der Waals surface area contributed by atoms with Gasteiger partial charge < -0.3 is 10.0 Å². The van der Waals surface area contributed by atoms with Crippen molar-refractivity contribution in [1.29, 1.82) is 0 Å². The summed E-state index contributed by atoms with van der Waals surface area (Å²) in [5.74, 6) is -1.48. The number of piperazine rings is 1. The number of carboxylic acids is 1. The van der Waals surface area contributed by atoms with Crippen molar-refractivity contribution >= 4 is 26.0 Å². The number of rotatable bonds is 8. The first kappa shape index (κ1) is 20.8. The highest BCUT2D eigenvalue weighted by Gasteiger charge is 2.26. The Morgan fingerprint density at radius 2 is 1.65 bits per heavy atom. The highest BCUT2D eigenvalue weighted by molar-refractivity contribution is 7.90. The fourth-order valence-electron chi connectivity index (χ4n) is 2.62. The van der Waals surface area contributed by atoms with E-state index in [1.165, 1.54) is 28.6 Å². The highest BCUT2D eigenvalue weighted by Crippen LogP contribution is 2.11. The Bertz CT molecular complexity index is 829. The Hall–Kier alpha value is -1.53. The summed E-state index contributed by atoms with van der Waals surface area (Å²) in [6.45, 7) is 4.77. The van der Waals surface area contributed by atoms with E-state index in [1.54, 1.807) is 0 Å². The summed E-state index contributed by atoms with van der Waals surface area (Å²) in [4.78, 5) is 12.8. The van der Waals surface area contributed by atoms with Crippen molar-refractivity contribution in [2.45, 2.75) is 11.8 Å². The SMILES string of the molecule is CCN1CCN(S(=O)(=O)CCNS(=O)(=O)c2ccc(C(=O)O)cc2)CC1. The maximum atomic E-state index is 12.3. The van der Waals surface area contributed by atoms with Crippen LogP contribution in [0.2, 0.25) is 0 Å². The van der Waals surface area contributed by atoms with Gasteiger partial charge in [0, 0.05) is 32.7 Å². The lowest BCUT2D eigenvalue weighted by atomic mass is 10.2. The van der Waals surface area contributed by atoms with Crippen molar-refractivity contribution in [1.82, 2.24) is 13.9 Å². The third-order valence-electron chi connectivity index (χ3n) is 4.24. The van der Waals surface area contributed by atoms with Crippen LogP contribution >= 0.6 is 0 Å². The Morgan fingerprint density at radius 3 is 2.15 bits per heavy atom. The molecule has 1 aliphatic rings. The second-order valence-electron chi connectivity index (χ2n) is 5.88. The number of aromatic carboxylic acids is 1. The van der Waals surface area contributed by atoms with Crippen LogP contribution in [0.4, 0.5) is 0 Å². The molecule has 146 valence electrons. The van der Waals surface area contributed by atoms with Gasteiger partial charge in [-0.15, -0.1) is 0 Å². The first-order chi connectivity index (χ1) is 12.2. The largest absolute Gasteiger partial charge is 0.478 e. The molecule has 0 unspecified atom stereocenters. The van der Waals surface area contributed by atoms with E-state index in [9.17, 15) is 21.6 Å². The summed E-state index contributed by atoms with van der Waals surface area (Å²) in [6, 6.07) is 4.70. The molecule has 9 nitrogen and oxygen atoms in total. The lowest BCUT2D eigenvalue weighted by Crippen LogP contribution is -2.49. The van der Waals surface area contributed by atoms with E-state index in [0.29, 0.717) is 26.2 Å². The van der Waals surface area contributed by atoms with Gasteiger partial charge in [-0.05, 0) is 30.8 Å². The van der Waals surface area contributed by atoms with Gasteiger partial charge in [0.1, 0.15) is 0 Å². The van der Waals surface area contributed by atoms with Crippen LogP contribution in [0.1, 0.15) is 17.3 Å². The molecular weight excluding hydrogens is 382 g/mol. The predicted octanol–water partition coefficient (Wildman–Crippen LogP) is -0.370. The van der Waals surface area contributed by atoms with Crippen molar-refractivity contribution in [2.75, 3.05) is 45.0 Å². The molecule has 0 bridgehead atoms. The first-order valence-electron chi connectivity index (χ1n) is 8.19. The number of benzene rings is 1. The molecule has 26 heavy (non-hydrogen) atoms. The third kappa shape index (κ3) is 5.24. The maximum absolute atomic E-state index is 12.3. The molecule has 0 saturated carbocycles. The van der Waals surface area contributed by atoms with Gasteiger partial charge in [0.05, 0.1) is 16.2 Å². The number of hydrogen-bond acceptors (Lipinski definition) is 6. The summed E-state index contributed by atoms with van der Waals surface area (Å²) >= 11 is 0. The van der Waals surface area contributed by atoms with E-state index in [4.69, 9.17) is 5.11 Å². The molecule has 1 fully saturated rings. The summed E-state index contributed by atoms with van der Waals surface area (Å²) in [6.07, 6.45) is 0. The van der Waals surface area contributed by atoms with E-state index in [1.807, 2.05) is 6.92 Å². The molecule has 0 atom stereocenters. The Balaban J connectivity index is 1.92. The van der Waals surface area contributed by atoms with E-state index in [0.717, 1.165) is 6.54 Å². The fourth-order valence-corrected chi connectivity index (χ4v) is 5.12. The molecule has 11 heteroatoms. The average Bonchev–Trinajstić information content (AvgIpc) is 2.61. The second-order valence-corrected chi connectivity index (χ2v) is 9.73. The number of nitrogens with zero attached hydrogens (tertiary/aromatic N) is 2. The quantitative estimate of drug-likeness (QED) is 0.605. The number of likely N-dealkylation sites (N-methyl/N-ethyl adjacent to an activating group) is 1. The topological polar surface area (TPSA) is 124 Å². The van der Waals surface area contributed by atoms with Crippen LogP contribution in [0.5, 0.6) is 0 Å². The molecule has 1 aliphatic heterocycles. The predicted molar refractivity (Wildman–Crippen MR) is 96.1 cm³/mol. The van der Waals surface area contributed by atoms with Crippen molar-refractivity contribution in [3.8, 4) is 0 Å². The lowest BCUT2D eigenvalue weighted by molar-refractivity contribution is 0.0696. The molecule has 0 radical (unpaired) electrons. The summed E-state index contributed by atoms with van der Waals surface area (Å²) in [5.41, 5.74) is -0.0299. The van der Waals surface area contributed by atoms with Gasteiger partial charge in [0.2, 0.25) is 20.0 Å². The molecule has 0 spiro atoms. The zero-order valence-electron chi connectivity index (χ0n) is 14.5. The van der Waals surface area contributed by atoms with E-state index < -0.39 is 26.0 Å². The smallest absolute Gasteiger partial charge is 0.335 e. The van der Waals surface area contributed by atoms with Crippen molar-refractivity contribution in [3.05, 3.63) is 29.8 Å². The summed E-state index contributed by atoms with van der Waals surface area (Å²) in [7, 11) is -7.44. The minimum absolute atomic E-state index is 0.0299. The molecule has 1 aromatic rings. The van der Waals surface area contributed by atoms with Gasteiger partial charge in [-0.2, -0.15) is 4.31 Å². The minimum Gasteiger partial charge on any atom is -0.478 e. The zero-order chi connectivity index (χ0) is 19.4. The van der Waals surface area contributed by atoms with Crippen LogP contribution in [0.15, 0.2) is 29.2 Å². The van der Waals surface area contributed by atoms with E-state index >= 15 is 0 Å². The van der Waals surface area contributed by atoms with Gasteiger partial charge in [0.25, 0.3) is 0 Å². The van der Waals surface area contributed by atoms with Gasteiger partial charge in [-0.25, -0.2) is 26.4 Å². The monoisotopic (exact) mass is 405 g/mol. The summed E-state index contributed by atoms with van der Waals surface area (Å²) in [5, 5.41) is 8.83. The number of carboxylic acid groups (broad SMARTS) is 1. The zero-order valence-corrected chi connectivity index (χ0v) is 16.1.